The Labute approximate surface area is 112 Å². The number of nitrogens with one attached hydrogen (secondary N) is 1. The third-order valence-electron chi connectivity index (χ3n) is 4.28. The first-order valence-electron chi connectivity index (χ1n) is 6.81. The minimum atomic E-state index is -0.413. The molecule has 0 aromatic carbocycles. The molecule has 1 N–H and O–H groups in total. The molecular formula is C14H20N2O3. The van der Waals surface area contributed by atoms with Crippen LogP contribution in [0.5, 0.6) is 0 Å². The lowest BCUT2D eigenvalue weighted by Crippen LogP contribution is -2.28. The Balaban J connectivity index is 1.60. The van der Waals surface area contributed by atoms with Gasteiger partial charge in [-0.15, -0.1) is 0 Å². The standard InChI is InChI=1S/C14H20N2O3/c1-18-13(17)12-3-2-11(19-12)8-16-7-5-14(10-16)4-6-15-9-14/h2-3,15H,4-10H2,1H3. The van der Waals surface area contributed by atoms with Gasteiger partial charge in [-0.2, -0.15) is 0 Å². The van der Waals surface area contributed by atoms with Crippen molar-refractivity contribution in [1.82, 2.24) is 10.2 Å². The Kier molecular flexibility index (Phi) is 3.33. The molecule has 1 atom stereocenters. The molecule has 1 aromatic heterocycles. The van der Waals surface area contributed by atoms with Crippen molar-refractivity contribution in [2.24, 2.45) is 5.41 Å². The van der Waals surface area contributed by atoms with Gasteiger partial charge in [0.1, 0.15) is 5.76 Å². The van der Waals surface area contributed by atoms with Crippen LogP contribution in [-0.4, -0.2) is 44.2 Å². The molecule has 0 radical (unpaired) electrons. The van der Waals surface area contributed by atoms with Crippen molar-refractivity contribution >= 4 is 5.97 Å². The summed E-state index contributed by atoms with van der Waals surface area (Å²) in [5.74, 6) is 0.710. The van der Waals surface area contributed by atoms with Crippen molar-refractivity contribution in [2.75, 3.05) is 33.3 Å². The van der Waals surface area contributed by atoms with Crippen LogP contribution in [0.1, 0.15) is 29.2 Å². The highest BCUT2D eigenvalue weighted by molar-refractivity contribution is 5.86. The molecule has 0 saturated carbocycles. The third-order valence-corrected chi connectivity index (χ3v) is 4.28. The number of carbonyl (C=O) groups excluding carboxylic acids is 1. The Bertz CT molecular complexity index is 463. The number of methoxy groups -OCH3 is 1. The molecule has 19 heavy (non-hydrogen) atoms. The average molecular weight is 264 g/mol. The number of nitrogens with zero attached hydrogens (tertiary/aromatic N) is 1. The Morgan fingerprint density at radius 1 is 1.53 bits per heavy atom. The van der Waals surface area contributed by atoms with E-state index in [9.17, 15) is 4.79 Å². The molecule has 2 saturated heterocycles. The maximum atomic E-state index is 11.3. The lowest BCUT2D eigenvalue weighted by atomic mass is 9.87. The van der Waals surface area contributed by atoms with E-state index < -0.39 is 5.97 Å². The number of esters is 1. The summed E-state index contributed by atoms with van der Waals surface area (Å²) < 4.78 is 10.2. The van der Waals surface area contributed by atoms with Crippen molar-refractivity contribution in [2.45, 2.75) is 19.4 Å². The van der Waals surface area contributed by atoms with Crippen LogP contribution in [0.25, 0.3) is 0 Å². The zero-order valence-corrected chi connectivity index (χ0v) is 11.3. The van der Waals surface area contributed by atoms with Crippen molar-refractivity contribution in [3.8, 4) is 0 Å². The van der Waals surface area contributed by atoms with Gasteiger partial charge in [0, 0.05) is 13.1 Å². The van der Waals surface area contributed by atoms with Crippen LogP contribution in [0.2, 0.25) is 0 Å². The molecule has 2 aliphatic rings. The van der Waals surface area contributed by atoms with Gasteiger partial charge in [0.2, 0.25) is 5.76 Å². The summed E-state index contributed by atoms with van der Waals surface area (Å²) in [7, 11) is 1.36. The van der Waals surface area contributed by atoms with Gasteiger partial charge in [-0.3, -0.25) is 4.90 Å². The number of hydrogen-bond donors (Lipinski definition) is 1. The van der Waals surface area contributed by atoms with Crippen LogP contribution in [-0.2, 0) is 11.3 Å². The number of ether oxygens (including phenoxy) is 1. The van der Waals surface area contributed by atoms with E-state index in [1.807, 2.05) is 6.07 Å². The van der Waals surface area contributed by atoms with Gasteiger partial charge in [0.25, 0.3) is 0 Å². The zero-order chi connectivity index (χ0) is 13.3. The van der Waals surface area contributed by atoms with E-state index in [0.29, 0.717) is 5.41 Å². The molecule has 5 nitrogen and oxygen atoms in total. The highest BCUT2D eigenvalue weighted by Crippen LogP contribution is 2.36. The van der Waals surface area contributed by atoms with Crippen LogP contribution in [0.15, 0.2) is 16.5 Å². The second-order valence-electron chi connectivity index (χ2n) is 5.64. The summed E-state index contributed by atoms with van der Waals surface area (Å²) in [4.78, 5) is 13.7. The van der Waals surface area contributed by atoms with E-state index >= 15 is 0 Å². The van der Waals surface area contributed by atoms with E-state index in [4.69, 9.17) is 4.42 Å². The van der Waals surface area contributed by atoms with Crippen molar-refractivity contribution < 1.29 is 13.9 Å². The molecule has 3 heterocycles. The minimum Gasteiger partial charge on any atom is -0.463 e. The number of hydrogen-bond acceptors (Lipinski definition) is 5. The van der Waals surface area contributed by atoms with Gasteiger partial charge in [0.15, 0.2) is 0 Å². The maximum absolute atomic E-state index is 11.3. The molecule has 1 aromatic rings. The molecule has 2 aliphatic heterocycles. The van der Waals surface area contributed by atoms with E-state index in [2.05, 4.69) is 15.0 Å². The van der Waals surface area contributed by atoms with Crippen molar-refractivity contribution in [1.29, 1.82) is 0 Å². The molecule has 104 valence electrons. The zero-order valence-electron chi connectivity index (χ0n) is 11.3. The van der Waals surface area contributed by atoms with E-state index in [1.54, 1.807) is 6.07 Å². The first kappa shape index (κ1) is 12.7. The number of likely N-dealkylation sites (tertiary alicyclic amines) is 1. The van der Waals surface area contributed by atoms with Crippen molar-refractivity contribution in [3.05, 3.63) is 23.7 Å². The summed E-state index contributed by atoms with van der Waals surface area (Å²) >= 11 is 0. The summed E-state index contributed by atoms with van der Waals surface area (Å²) in [6.07, 6.45) is 2.53. The molecule has 1 unspecified atom stereocenters. The summed E-state index contributed by atoms with van der Waals surface area (Å²) in [6, 6.07) is 3.55. The first-order valence-corrected chi connectivity index (χ1v) is 6.81. The topological polar surface area (TPSA) is 54.7 Å². The van der Waals surface area contributed by atoms with Crippen LogP contribution in [0.4, 0.5) is 0 Å². The van der Waals surface area contributed by atoms with Crippen LogP contribution < -0.4 is 5.32 Å². The molecule has 2 fully saturated rings. The third kappa shape index (κ3) is 2.53. The van der Waals surface area contributed by atoms with Gasteiger partial charge >= 0.3 is 5.97 Å². The normalized spacial score (nSPS) is 27.2. The minimum absolute atomic E-state index is 0.286. The lowest BCUT2D eigenvalue weighted by Gasteiger charge is -2.22. The Morgan fingerprint density at radius 2 is 2.42 bits per heavy atom. The van der Waals surface area contributed by atoms with Gasteiger partial charge in [0.05, 0.1) is 13.7 Å². The average Bonchev–Trinajstić information content (AvgIpc) is 3.13. The fraction of sp³-hybridized carbons (Fsp3) is 0.643. The molecule has 3 rings (SSSR count). The predicted octanol–water partition coefficient (Wildman–Crippen LogP) is 1.25. The Hall–Kier alpha value is -1.33. The lowest BCUT2D eigenvalue weighted by molar-refractivity contribution is 0.0561. The highest BCUT2D eigenvalue weighted by atomic mass is 16.5. The van der Waals surface area contributed by atoms with E-state index in [1.165, 1.54) is 20.0 Å². The summed E-state index contributed by atoms with van der Waals surface area (Å²) in [5, 5.41) is 3.45. The molecule has 1 spiro atoms. The number of carbonyl (C=O) groups is 1. The van der Waals surface area contributed by atoms with Crippen LogP contribution in [0, 0.1) is 5.41 Å². The fourth-order valence-corrected chi connectivity index (χ4v) is 3.20. The molecular weight excluding hydrogens is 244 g/mol. The first-order chi connectivity index (χ1) is 9.21. The highest BCUT2D eigenvalue weighted by Gasteiger charge is 2.40. The van der Waals surface area contributed by atoms with Crippen molar-refractivity contribution in [3.63, 3.8) is 0 Å². The quantitative estimate of drug-likeness (QED) is 0.833. The smallest absolute Gasteiger partial charge is 0.373 e. The molecule has 0 amide bonds. The van der Waals surface area contributed by atoms with Crippen LogP contribution in [0.3, 0.4) is 0 Å². The SMILES string of the molecule is COC(=O)c1ccc(CN2CCC3(CCNC3)C2)o1. The second-order valence-corrected chi connectivity index (χ2v) is 5.64. The fourth-order valence-electron chi connectivity index (χ4n) is 3.20. The van der Waals surface area contributed by atoms with E-state index in [-0.39, 0.29) is 5.76 Å². The monoisotopic (exact) mass is 264 g/mol. The predicted molar refractivity (Wildman–Crippen MR) is 69.9 cm³/mol. The van der Waals surface area contributed by atoms with Gasteiger partial charge in [-0.25, -0.2) is 4.79 Å². The Morgan fingerprint density at radius 3 is 3.16 bits per heavy atom. The molecule has 0 bridgehead atoms. The van der Waals surface area contributed by atoms with Gasteiger partial charge in [-0.05, 0) is 43.5 Å². The largest absolute Gasteiger partial charge is 0.463 e. The number of rotatable bonds is 3. The summed E-state index contributed by atoms with van der Waals surface area (Å²) in [5.41, 5.74) is 0.470. The number of furan rings is 1. The molecule has 5 heteroatoms. The molecule has 0 aliphatic carbocycles. The van der Waals surface area contributed by atoms with Crippen LogP contribution >= 0.6 is 0 Å². The maximum Gasteiger partial charge on any atom is 0.373 e. The second kappa shape index (κ2) is 4.98. The van der Waals surface area contributed by atoms with Gasteiger partial charge < -0.3 is 14.5 Å². The van der Waals surface area contributed by atoms with Gasteiger partial charge in [-0.1, -0.05) is 0 Å². The summed E-state index contributed by atoms with van der Waals surface area (Å²) in [6.45, 7) is 5.28. The van der Waals surface area contributed by atoms with E-state index in [0.717, 1.165) is 38.5 Å².